The Labute approximate surface area is 112 Å². The van der Waals surface area contributed by atoms with Gasteiger partial charge in [-0.05, 0) is 55.5 Å². The van der Waals surface area contributed by atoms with Gasteiger partial charge in [-0.1, -0.05) is 13.8 Å². The third kappa shape index (κ3) is 3.81. The van der Waals surface area contributed by atoms with E-state index < -0.39 is 0 Å². The zero-order valence-corrected chi connectivity index (χ0v) is 12.3. The van der Waals surface area contributed by atoms with Crippen LogP contribution in [0, 0.1) is 25.7 Å². The second kappa shape index (κ2) is 7.11. The minimum atomic E-state index is 0.486. The highest BCUT2D eigenvalue weighted by molar-refractivity contribution is 5.43. The molecule has 0 saturated heterocycles. The first kappa shape index (κ1) is 14.6. The van der Waals surface area contributed by atoms with E-state index in [1.165, 1.54) is 16.7 Å². The molecular weight excluding hydrogens is 220 g/mol. The Morgan fingerprint density at radius 3 is 2.22 bits per heavy atom. The molecule has 1 heteroatoms. The molecule has 0 heterocycles. The summed E-state index contributed by atoms with van der Waals surface area (Å²) in [6.45, 7) is 11.4. The van der Waals surface area contributed by atoms with E-state index in [2.05, 4.69) is 51.7 Å². The summed E-state index contributed by atoms with van der Waals surface area (Å²) in [5.74, 6) is 7.85. The molecule has 0 aliphatic carbocycles. The largest absolute Gasteiger partial charge is 0.494 e. The highest BCUT2D eigenvalue weighted by atomic mass is 16.5. The fourth-order valence-corrected chi connectivity index (χ4v) is 2.41. The van der Waals surface area contributed by atoms with E-state index >= 15 is 0 Å². The Bertz CT molecular complexity index is 425. The summed E-state index contributed by atoms with van der Waals surface area (Å²) >= 11 is 0. The van der Waals surface area contributed by atoms with Crippen molar-refractivity contribution in [2.75, 3.05) is 6.61 Å². The zero-order chi connectivity index (χ0) is 13.5. The lowest BCUT2D eigenvalue weighted by molar-refractivity contribution is 0.339. The van der Waals surface area contributed by atoms with Crippen molar-refractivity contribution in [1.82, 2.24) is 0 Å². The van der Waals surface area contributed by atoms with Crippen LogP contribution in [-0.2, 0) is 0 Å². The molecule has 0 aromatic heterocycles. The fraction of sp³-hybridized carbons (Fsp3) is 0.529. The van der Waals surface area contributed by atoms with Gasteiger partial charge in [-0.15, -0.1) is 11.8 Å². The van der Waals surface area contributed by atoms with Gasteiger partial charge in [0.2, 0.25) is 0 Å². The first-order valence-electron chi connectivity index (χ1n) is 6.79. The Kier molecular flexibility index (Phi) is 5.78. The van der Waals surface area contributed by atoms with Crippen LogP contribution in [0.15, 0.2) is 12.1 Å². The monoisotopic (exact) mass is 244 g/mol. The molecule has 1 nitrogen and oxygen atoms in total. The third-order valence-corrected chi connectivity index (χ3v) is 3.08. The van der Waals surface area contributed by atoms with E-state index in [1.807, 2.05) is 6.92 Å². The second-order valence-electron chi connectivity index (χ2n) is 4.72. The molecule has 0 radical (unpaired) electrons. The third-order valence-electron chi connectivity index (χ3n) is 3.08. The number of rotatable bonds is 4. The highest BCUT2D eigenvalue weighted by Crippen LogP contribution is 2.29. The topological polar surface area (TPSA) is 9.23 Å². The smallest absolute Gasteiger partial charge is 0.119 e. The summed E-state index contributed by atoms with van der Waals surface area (Å²) in [5, 5.41) is 0. The summed E-state index contributed by atoms with van der Waals surface area (Å²) in [4.78, 5) is 0. The van der Waals surface area contributed by atoms with E-state index in [-0.39, 0.29) is 0 Å². The quantitative estimate of drug-likeness (QED) is 0.703. The summed E-state index contributed by atoms with van der Waals surface area (Å²) in [5.41, 5.74) is 4.04. The van der Waals surface area contributed by atoms with Gasteiger partial charge in [0.05, 0.1) is 6.61 Å². The fourth-order valence-electron chi connectivity index (χ4n) is 2.41. The molecule has 0 saturated carbocycles. The van der Waals surface area contributed by atoms with Crippen molar-refractivity contribution in [3.05, 3.63) is 28.8 Å². The van der Waals surface area contributed by atoms with Crippen LogP contribution in [0.2, 0.25) is 0 Å². The molecule has 1 rings (SSSR count). The molecule has 0 bridgehead atoms. The summed E-state index contributed by atoms with van der Waals surface area (Å²) < 4.78 is 5.57. The van der Waals surface area contributed by atoms with Crippen LogP contribution in [0.5, 0.6) is 5.75 Å². The van der Waals surface area contributed by atoms with Gasteiger partial charge in [-0.25, -0.2) is 0 Å². The van der Waals surface area contributed by atoms with Crippen molar-refractivity contribution in [2.24, 2.45) is 0 Å². The number of benzene rings is 1. The van der Waals surface area contributed by atoms with Gasteiger partial charge < -0.3 is 4.74 Å². The van der Waals surface area contributed by atoms with Crippen molar-refractivity contribution in [1.29, 1.82) is 0 Å². The number of aryl methyl sites for hydroxylation is 2. The predicted octanol–water partition coefficient (Wildman–Crippen LogP) is 4.61. The van der Waals surface area contributed by atoms with Crippen LogP contribution in [0.25, 0.3) is 0 Å². The number of ether oxygens (including phenoxy) is 1. The summed E-state index contributed by atoms with van der Waals surface area (Å²) in [6.07, 6.45) is 1.87. The molecular formula is C17H24O. The lowest BCUT2D eigenvalue weighted by atomic mass is 9.90. The normalized spacial score (nSPS) is 11.6. The van der Waals surface area contributed by atoms with Crippen LogP contribution in [0.3, 0.4) is 0 Å². The first-order chi connectivity index (χ1) is 8.60. The lowest BCUT2D eigenvalue weighted by Gasteiger charge is -2.17. The molecule has 0 amide bonds. The average Bonchev–Trinajstić information content (AvgIpc) is 2.28. The summed E-state index contributed by atoms with van der Waals surface area (Å²) in [6, 6.07) is 4.27. The van der Waals surface area contributed by atoms with E-state index in [9.17, 15) is 0 Å². The van der Waals surface area contributed by atoms with E-state index in [1.54, 1.807) is 0 Å². The molecule has 0 aliphatic heterocycles. The SMILES string of the molecule is CCC#CCC(C)c1c(C)cc(OCC)cc1C. The van der Waals surface area contributed by atoms with Gasteiger partial charge in [0.15, 0.2) is 0 Å². The maximum Gasteiger partial charge on any atom is 0.119 e. The first-order valence-corrected chi connectivity index (χ1v) is 6.79. The van der Waals surface area contributed by atoms with Gasteiger partial charge in [-0.3, -0.25) is 0 Å². The molecule has 1 aromatic rings. The van der Waals surface area contributed by atoms with Crippen LogP contribution in [0.1, 0.15) is 56.2 Å². The minimum absolute atomic E-state index is 0.486. The van der Waals surface area contributed by atoms with Crippen LogP contribution in [0.4, 0.5) is 0 Å². The van der Waals surface area contributed by atoms with Crippen molar-refractivity contribution in [2.45, 2.75) is 53.4 Å². The van der Waals surface area contributed by atoms with Gasteiger partial charge in [-0.2, -0.15) is 0 Å². The molecule has 0 spiro atoms. The van der Waals surface area contributed by atoms with Crippen molar-refractivity contribution >= 4 is 0 Å². The van der Waals surface area contributed by atoms with Crippen molar-refractivity contribution < 1.29 is 4.74 Å². The second-order valence-corrected chi connectivity index (χ2v) is 4.72. The maximum atomic E-state index is 5.57. The van der Waals surface area contributed by atoms with Crippen LogP contribution < -0.4 is 4.74 Å². The number of hydrogen-bond acceptors (Lipinski definition) is 1. The highest BCUT2D eigenvalue weighted by Gasteiger charge is 2.12. The Morgan fingerprint density at radius 2 is 1.72 bits per heavy atom. The number of hydrogen-bond donors (Lipinski definition) is 0. The van der Waals surface area contributed by atoms with E-state index in [0.29, 0.717) is 5.92 Å². The van der Waals surface area contributed by atoms with Gasteiger partial charge in [0.1, 0.15) is 5.75 Å². The molecule has 0 fully saturated rings. The maximum absolute atomic E-state index is 5.57. The zero-order valence-electron chi connectivity index (χ0n) is 12.3. The Hall–Kier alpha value is -1.42. The Balaban J connectivity index is 2.95. The average molecular weight is 244 g/mol. The van der Waals surface area contributed by atoms with Crippen LogP contribution >= 0.6 is 0 Å². The summed E-state index contributed by atoms with van der Waals surface area (Å²) in [7, 11) is 0. The standard InChI is InChI=1S/C17H24O/c1-6-8-9-10-13(3)17-14(4)11-16(18-7-2)12-15(17)5/h11-13H,6-7,10H2,1-5H3. The van der Waals surface area contributed by atoms with Gasteiger partial charge in [0.25, 0.3) is 0 Å². The molecule has 18 heavy (non-hydrogen) atoms. The molecule has 0 aliphatic rings. The van der Waals surface area contributed by atoms with E-state index in [4.69, 9.17) is 4.74 Å². The predicted molar refractivity (Wildman–Crippen MR) is 78.2 cm³/mol. The molecule has 1 atom stereocenters. The van der Waals surface area contributed by atoms with Crippen molar-refractivity contribution in [3.8, 4) is 17.6 Å². The molecule has 98 valence electrons. The molecule has 1 aromatic carbocycles. The van der Waals surface area contributed by atoms with Gasteiger partial charge >= 0.3 is 0 Å². The van der Waals surface area contributed by atoms with E-state index in [0.717, 1.165) is 25.2 Å². The molecule has 1 unspecified atom stereocenters. The lowest BCUT2D eigenvalue weighted by Crippen LogP contribution is -2.01. The van der Waals surface area contributed by atoms with Crippen molar-refractivity contribution in [3.63, 3.8) is 0 Å². The molecule has 0 N–H and O–H groups in total. The van der Waals surface area contributed by atoms with Gasteiger partial charge in [0, 0.05) is 12.8 Å². The van der Waals surface area contributed by atoms with Crippen LogP contribution in [-0.4, -0.2) is 6.61 Å². The Morgan fingerprint density at radius 1 is 1.11 bits per heavy atom. The minimum Gasteiger partial charge on any atom is -0.494 e.